The number of carbonyl (C=O) groups is 1. The maximum atomic E-state index is 11.4. The van der Waals surface area contributed by atoms with E-state index in [1.807, 2.05) is 6.92 Å². The minimum absolute atomic E-state index is 0.104. The van der Waals surface area contributed by atoms with Crippen molar-refractivity contribution >= 4 is 17.0 Å². The minimum Gasteiger partial charge on any atom is -0.492 e. The Morgan fingerprint density at radius 2 is 2.29 bits per heavy atom. The lowest BCUT2D eigenvalue weighted by molar-refractivity contribution is 0.0691. The molecule has 21 heavy (non-hydrogen) atoms. The van der Waals surface area contributed by atoms with E-state index >= 15 is 0 Å². The predicted molar refractivity (Wildman–Crippen MR) is 77.7 cm³/mol. The largest absolute Gasteiger partial charge is 0.492 e. The van der Waals surface area contributed by atoms with Crippen molar-refractivity contribution in [2.75, 3.05) is 6.61 Å². The highest BCUT2D eigenvalue weighted by atomic mass is 16.5. The van der Waals surface area contributed by atoms with Crippen molar-refractivity contribution in [1.82, 2.24) is 14.8 Å². The van der Waals surface area contributed by atoms with Crippen LogP contribution in [0.25, 0.3) is 11.0 Å². The number of aryl methyl sites for hydroxylation is 2. The van der Waals surface area contributed by atoms with Gasteiger partial charge < -0.3 is 9.84 Å². The second-order valence-electron chi connectivity index (χ2n) is 5.65. The molecule has 2 heterocycles. The second-order valence-corrected chi connectivity index (χ2v) is 5.65. The summed E-state index contributed by atoms with van der Waals surface area (Å²) in [5.41, 5.74) is 1.49. The molecule has 3 rings (SSSR count). The Hall–Kier alpha value is -2.11. The lowest BCUT2D eigenvalue weighted by Gasteiger charge is -2.25. The number of fused-ring (bicyclic) bond motifs is 1. The second kappa shape index (κ2) is 5.35. The third-order valence-corrected chi connectivity index (χ3v) is 4.21. The molecule has 2 aromatic rings. The van der Waals surface area contributed by atoms with Crippen LogP contribution in [0.1, 0.15) is 41.7 Å². The van der Waals surface area contributed by atoms with Crippen LogP contribution >= 0.6 is 0 Å². The van der Waals surface area contributed by atoms with Gasteiger partial charge in [-0.2, -0.15) is 5.10 Å². The van der Waals surface area contributed by atoms with E-state index in [1.165, 1.54) is 25.5 Å². The van der Waals surface area contributed by atoms with Crippen LogP contribution in [0, 0.1) is 12.8 Å². The first kappa shape index (κ1) is 13.9. The predicted octanol–water partition coefficient (Wildman–Crippen LogP) is 2.54. The maximum absolute atomic E-state index is 11.4. The van der Waals surface area contributed by atoms with Crippen LogP contribution in [0.15, 0.2) is 6.20 Å². The SMILES string of the molecule is Cc1nn(C)c2ncc(C(=O)O)c(OCCC3CCC3)c12. The van der Waals surface area contributed by atoms with Crippen LogP contribution in [0.5, 0.6) is 5.75 Å². The van der Waals surface area contributed by atoms with Crippen molar-refractivity contribution < 1.29 is 14.6 Å². The number of aromatic nitrogens is 3. The first-order valence-corrected chi connectivity index (χ1v) is 7.26. The summed E-state index contributed by atoms with van der Waals surface area (Å²) in [6.07, 6.45) is 6.14. The summed E-state index contributed by atoms with van der Waals surface area (Å²) in [5.74, 6) is 0.106. The normalized spacial score (nSPS) is 15.1. The molecule has 0 aromatic carbocycles. The first-order chi connectivity index (χ1) is 10.1. The molecular weight excluding hydrogens is 270 g/mol. The fourth-order valence-corrected chi connectivity index (χ4v) is 2.79. The van der Waals surface area contributed by atoms with Crippen LogP contribution in [0.2, 0.25) is 0 Å². The molecule has 0 unspecified atom stereocenters. The summed E-state index contributed by atoms with van der Waals surface area (Å²) in [6, 6.07) is 0. The van der Waals surface area contributed by atoms with Crippen molar-refractivity contribution in [3.8, 4) is 5.75 Å². The fraction of sp³-hybridized carbons (Fsp3) is 0.533. The summed E-state index contributed by atoms with van der Waals surface area (Å²) in [7, 11) is 1.79. The number of hydrogen-bond acceptors (Lipinski definition) is 4. The number of pyridine rings is 1. The van der Waals surface area contributed by atoms with E-state index < -0.39 is 5.97 Å². The Labute approximate surface area is 122 Å². The number of carboxylic acids is 1. The van der Waals surface area contributed by atoms with Gasteiger partial charge in [0.05, 0.1) is 17.7 Å². The lowest BCUT2D eigenvalue weighted by Crippen LogP contribution is -2.15. The van der Waals surface area contributed by atoms with Crippen molar-refractivity contribution in [2.24, 2.45) is 13.0 Å². The maximum Gasteiger partial charge on any atom is 0.341 e. The van der Waals surface area contributed by atoms with Gasteiger partial charge in [0.25, 0.3) is 0 Å². The van der Waals surface area contributed by atoms with E-state index in [0.29, 0.717) is 23.4 Å². The van der Waals surface area contributed by atoms with Gasteiger partial charge in [-0.05, 0) is 19.3 Å². The summed E-state index contributed by atoms with van der Waals surface area (Å²) < 4.78 is 7.49. The zero-order chi connectivity index (χ0) is 15.0. The molecule has 0 bridgehead atoms. The molecule has 0 spiro atoms. The molecule has 1 N–H and O–H groups in total. The van der Waals surface area contributed by atoms with E-state index in [2.05, 4.69) is 10.1 Å². The quantitative estimate of drug-likeness (QED) is 0.915. The summed E-state index contributed by atoms with van der Waals surface area (Å²) in [6.45, 7) is 2.38. The number of nitrogens with zero attached hydrogens (tertiary/aromatic N) is 3. The highest BCUT2D eigenvalue weighted by molar-refractivity contribution is 5.98. The van der Waals surface area contributed by atoms with E-state index in [4.69, 9.17) is 4.74 Å². The monoisotopic (exact) mass is 289 g/mol. The van der Waals surface area contributed by atoms with E-state index in [1.54, 1.807) is 11.7 Å². The molecule has 0 aliphatic heterocycles. The number of aromatic carboxylic acids is 1. The molecule has 1 saturated carbocycles. The van der Waals surface area contributed by atoms with Gasteiger partial charge in [-0.15, -0.1) is 0 Å². The number of hydrogen-bond donors (Lipinski definition) is 1. The number of rotatable bonds is 5. The topological polar surface area (TPSA) is 77.2 Å². The average molecular weight is 289 g/mol. The Bertz CT molecular complexity index is 689. The van der Waals surface area contributed by atoms with Gasteiger partial charge in [-0.25, -0.2) is 9.78 Å². The van der Waals surface area contributed by atoms with Gasteiger partial charge in [0.2, 0.25) is 0 Å². The molecule has 1 aliphatic carbocycles. The van der Waals surface area contributed by atoms with Crippen LogP contribution < -0.4 is 4.74 Å². The van der Waals surface area contributed by atoms with E-state index in [-0.39, 0.29) is 5.56 Å². The van der Waals surface area contributed by atoms with Crippen molar-refractivity contribution in [3.05, 3.63) is 17.5 Å². The van der Waals surface area contributed by atoms with Crippen molar-refractivity contribution in [3.63, 3.8) is 0 Å². The van der Waals surface area contributed by atoms with Crippen molar-refractivity contribution in [1.29, 1.82) is 0 Å². The first-order valence-electron chi connectivity index (χ1n) is 7.26. The zero-order valence-corrected chi connectivity index (χ0v) is 12.3. The van der Waals surface area contributed by atoms with E-state index in [0.717, 1.165) is 18.0 Å². The summed E-state index contributed by atoms with van der Waals surface area (Å²) in [5, 5.41) is 14.3. The Morgan fingerprint density at radius 3 is 2.90 bits per heavy atom. The molecule has 112 valence electrons. The fourth-order valence-electron chi connectivity index (χ4n) is 2.79. The number of ether oxygens (including phenoxy) is 1. The smallest absolute Gasteiger partial charge is 0.341 e. The standard InChI is InChI=1S/C15H19N3O3/c1-9-12-13(21-7-6-10-4-3-5-10)11(15(19)20)8-16-14(12)18(2)17-9/h8,10H,3-7H2,1-2H3,(H,19,20). The van der Waals surface area contributed by atoms with Crippen LogP contribution in [-0.2, 0) is 7.05 Å². The Morgan fingerprint density at radius 1 is 1.52 bits per heavy atom. The number of carboxylic acid groups (broad SMARTS) is 1. The van der Waals surface area contributed by atoms with Gasteiger partial charge in [-0.1, -0.05) is 19.3 Å². The zero-order valence-electron chi connectivity index (χ0n) is 12.3. The molecule has 0 radical (unpaired) electrons. The van der Waals surface area contributed by atoms with Crippen LogP contribution in [0.4, 0.5) is 0 Å². The van der Waals surface area contributed by atoms with Gasteiger partial charge >= 0.3 is 5.97 Å². The Kier molecular flexibility index (Phi) is 3.53. The van der Waals surface area contributed by atoms with Gasteiger partial charge in [0.15, 0.2) is 5.65 Å². The van der Waals surface area contributed by atoms with Crippen LogP contribution in [-0.4, -0.2) is 32.4 Å². The van der Waals surface area contributed by atoms with Crippen LogP contribution in [0.3, 0.4) is 0 Å². The van der Waals surface area contributed by atoms with E-state index in [9.17, 15) is 9.90 Å². The highest BCUT2D eigenvalue weighted by Crippen LogP contribution is 2.33. The Balaban J connectivity index is 1.95. The highest BCUT2D eigenvalue weighted by Gasteiger charge is 2.22. The van der Waals surface area contributed by atoms with Gasteiger partial charge in [0, 0.05) is 13.2 Å². The van der Waals surface area contributed by atoms with Gasteiger partial charge in [0.1, 0.15) is 11.3 Å². The molecule has 1 aliphatic rings. The summed E-state index contributed by atoms with van der Waals surface area (Å²) >= 11 is 0. The van der Waals surface area contributed by atoms with Gasteiger partial charge in [-0.3, -0.25) is 4.68 Å². The molecule has 1 fully saturated rings. The molecule has 2 aromatic heterocycles. The third kappa shape index (κ3) is 2.46. The minimum atomic E-state index is -1.02. The molecular formula is C15H19N3O3. The molecule has 6 nitrogen and oxygen atoms in total. The molecule has 0 amide bonds. The molecule has 6 heteroatoms. The average Bonchev–Trinajstić information content (AvgIpc) is 2.68. The van der Waals surface area contributed by atoms with Crippen molar-refractivity contribution in [2.45, 2.75) is 32.6 Å². The molecule has 0 atom stereocenters. The summed E-state index contributed by atoms with van der Waals surface area (Å²) in [4.78, 5) is 15.6. The lowest BCUT2D eigenvalue weighted by atomic mass is 9.83. The third-order valence-electron chi connectivity index (χ3n) is 4.21. The molecule has 0 saturated heterocycles.